The first-order chi connectivity index (χ1) is 30.4. The second-order valence-electron chi connectivity index (χ2n) is 18.6. The molecule has 6 heterocycles. The number of cyclic esters (lactones) is 1. The molecule has 2 aromatic carbocycles. The molecule has 68 heavy (non-hydrogen) atoms. The van der Waals surface area contributed by atoms with Crippen LogP contribution >= 0.6 is 78.8 Å². The van der Waals surface area contributed by atoms with Crippen LogP contribution in [0.4, 0.5) is 5.69 Å². The summed E-state index contributed by atoms with van der Waals surface area (Å²) in [5, 5.41) is 8.52. The first-order valence-electron chi connectivity index (χ1n) is 22.6. The fourth-order valence-electron chi connectivity index (χ4n) is 9.67. The van der Waals surface area contributed by atoms with Crippen LogP contribution in [0.25, 0.3) is 33.4 Å². The summed E-state index contributed by atoms with van der Waals surface area (Å²) < 4.78 is 14.5. The summed E-state index contributed by atoms with van der Waals surface area (Å²) in [5.41, 5.74) is 11.9. The van der Waals surface area contributed by atoms with E-state index in [1.165, 1.54) is 16.3 Å². The molecule has 0 radical (unpaired) electrons. The number of pyridine rings is 1. The van der Waals surface area contributed by atoms with Crippen molar-refractivity contribution in [3.05, 3.63) is 88.0 Å². The minimum absolute atomic E-state index is 0. The molecule has 4 aliphatic rings. The zero-order valence-electron chi connectivity index (χ0n) is 39.9. The number of amides is 2. The highest BCUT2D eigenvalue weighted by Crippen LogP contribution is 2.48. The molecule has 372 valence electrons. The van der Waals surface area contributed by atoms with Gasteiger partial charge >= 0.3 is 5.97 Å². The molecule has 3 aromatic heterocycles. The van der Waals surface area contributed by atoms with Crippen LogP contribution in [0.2, 0.25) is 0 Å². The monoisotopic (exact) mass is 1040 g/mol. The second kappa shape index (κ2) is 24.1. The zero-order valence-corrected chi connectivity index (χ0v) is 45.7. The maximum absolute atomic E-state index is 14.4. The molecule has 0 unspecified atom stereocenters. The van der Waals surface area contributed by atoms with Gasteiger partial charge < -0.3 is 29.2 Å². The lowest BCUT2D eigenvalue weighted by Gasteiger charge is -2.35. The standard InChI is InChI=1S/C49H60N8O5S.5H2S/c1-7-56-42-16-15-32-22-35(42)38(45(56)37-23-33(27-50-44(37)30(2)61-6)55-20-18-54(5)19-21-55)26-49(3,4)29-62-48(60)39-14-11-17-57(53-39)47(59)40(25-43-51-41(32)28-63-43)52-46(58)36-24-34(36)31-12-9-8-10-13-31;;;;;/h8-10,12-13,15-16,22-23,27-28,30,34,36,39-40,53H,7,11,14,17-21,24-26,29H2,1-6H3,(H,52,58);5*1H2/t30-,34+,36-,39-,40-;;;;;/m0...../s1. The Morgan fingerprint density at radius 3 is 2.46 bits per heavy atom. The van der Waals surface area contributed by atoms with Gasteiger partial charge in [0.2, 0.25) is 5.91 Å². The van der Waals surface area contributed by atoms with Gasteiger partial charge in [-0.15, -0.1) is 11.3 Å². The van der Waals surface area contributed by atoms with Crippen LogP contribution in [0.15, 0.2) is 66.2 Å². The van der Waals surface area contributed by atoms with Crippen molar-refractivity contribution in [3.63, 3.8) is 0 Å². The molecular formula is C49H70N8O5S6. The summed E-state index contributed by atoms with van der Waals surface area (Å²) in [7, 11) is 3.89. The van der Waals surface area contributed by atoms with Crippen LogP contribution < -0.4 is 15.6 Å². The topological polar surface area (TPSA) is 134 Å². The quantitative estimate of drug-likeness (QED) is 0.152. The molecule has 5 aromatic rings. The summed E-state index contributed by atoms with van der Waals surface area (Å²) in [5.74, 6) is -0.907. The first-order valence-corrected chi connectivity index (χ1v) is 23.4. The predicted octanol–water partition coefficient (Wildman–Crippen LogP) is 7.32. The van der Waals surface area contributed by atoms with Crippen LogP contribution in [0.3, 0.4) is 0 Å². The number of anilines is 1. The SMILES string of the molecule is CCn1c(-c2cc(N3CCN(C)CC3)cnc2[C@H](C)OC)c2c3cc(ccc31)-c1csc(n1)C[C@H](NC(=O)[C@H]1C[C@@H]1c1ccccc1)C(=O)N1CCC[C@H](N1)C(=O)OCC(C)(C)C2.S.S.S.S.S. The fourth-order valence-corrected chi connectivity index (χ4v) is 10.5. The van der Waals surface area contributed by atoms with Crippen molar-refractivity contribution < 1.29 is 23.9 Å². The van der Waals surface area contributed by atoms with Crippen molar-refractivity contribution in [2.24, 2.45) is 11.3 Å². The van der Waals surface area contributed by atoms with Crippen LogP contribution in [-0.2, 0) is 43.2 Å². The Morgan fingerprint density at radius 2 is 1.75 bits per heavy atom. The van der Waals surface area contributed by atoms with Gasteiger partial charge in [-0.2, -0.15) is 67.5 Å². The number of carbonyl (C=O) groups excluding carboxylic acids is 3. The van der Waals surface area contributed by atoms with Gasteiger partial charge in [0.05, 0.1) is 46.7 Å². The molecule has 0 spiro atoms. The zero-order chi connectivity index (χ0) is 44.0. The van der Waals surface area contributed by atoms with E-state index in [4.69, 9.17) is 19.4 Å². The summed E-state index contributed by atoms with van der Waals surface area (Å²) >= 11 is 1.49. The number of aromatic nitrogens is 3. The molecule has 2 amide bonds. The molecule has 2 N–H and O–H groups in total. The van der Waals surface area contributed by atoms with Gasteiger partial charge in [0, 0.05) is 91.5 Å². The molecule has 3 aliphatic heterocycles. The largest absolute Gasteiger partial charge is 0.464 e. The van der Waals surface area contributed by atoms with E-state index in [2.05, 4.69) is 89.3 Å². The van der Waals surface area contributed by atoms with E-state index in [-0.39, 0.29) is 110 Å². The Kier molecular flexibility index (Phi) is 20.3. The molecule has 6 bridgehead atoms. The van der Waals surface area contributed by atoms with Gasteiger partial charge in [0.25, 0.3) is 5.91 Å². The van der Waals surface area contributed by atoms with Crippen LogP contribution in [0, 0.1) is 11.3 Å². The molecule has 13 nitrogen and oxygen atoms in total. The summed E-state index contributed by atoms with van der Waals surface area (Å²) in [6.07, 6.45) is 4.46. The molecule has 9 rings (SSSR count). The lowest BCUT2D eigenvalue weighted by molar-refractivity contribution is -0.155. The highest BCUT2D eigenvalue weighted by atomic mass is 32.1. The van der Waals surface area contributed by atoms with Gasteiger partial charge in [-0.05, 0) is 81.8 Å². The number of likely N-dealkylation sites (N-methyl/N-ethyl adjacent to an activating group) is 1. The highest BCUT2D eigenvalue weighted by Gasteiger charge is 2.45. The molecular weight excluding hydrogens is 973 g/mol. The number of thiazole rings is 1. The van der Waals surface area contributed by atoms with Crippen molar-refractivity contribution in [1.82, 2.24) is 35.2 Å². The van der Waals surface area contributed by atoms with Gasteiger partial charge in [0.15, 0.2) is 0 Å². The third-order valence-corrected chi connectivity index (χ3v) is 14.3. The molecule has 1 saturated carbocycles. The Balaban J connectivity index is 0.00000202. The number of esters is 1. The average Bonchev–Trinajstić information content (AvgIpc) is 3.88. The van der Waals surface area contributed by atoms with E-state index >= 15 is 0 Å². The van der Waals surface area contributed by atoms with E-state index in [0.717, 1.165) is 100 Å². The number of piperazine rings is 1. The number of hydrazine groups is 1. The van der Waals surface area contributed by atoms with E-state index in [1.807, 2.05) is 36.7 Å². The van der Waals surface area contributed by atoms with E-state index in [0.29, 0.717) is 25.8 Å². The van der Waals surface area contributed by atoms with Crippen molar-refractivity contribution in [3.8, 4) is 22.5 Å². The number of ether oxygens (including phenoxy) is 2. The lowest BCUT2D eigenvalue weighted by atomic mass is 9.84. The Bertz CT molecular complexity index is 2520. The number of fused-ring (bicyclic) bond motifs is 6. The lowest BCUT2D eigenvalue weighted by Crippen LogP contribution is -2.60. The number of nitrogens with one attached hydrogen (secondary N) is 2. The van der Waals surface area contributed by atoms with E-state index in [1.54, 1.807) is 7.11 Å². The number of carbonyl (C=O) groups is 3. The summed E-state index contributed by atoms with van der Waals surface area (Å²) in [6, 6.07) is 17.3. The van der Waals surface area contributed by atoms with Crippen LogP contribution in [0.5, 0.6) is 0 Å². The van der Waals surface area contributed by atoms with Crippen molar-refractivity contribution in [2.45, 2.75) is 90.4 Å². The molecule has 2 saturated heterocycles. The van der Waals surface area contributed by atoms with E-state index in [9.17, 15) is 14.4 Å². The van der Waals surface area contributed by atoms with E-state index < -0.39 is 23.5 Å². The third kappa shape index (κ3) is 12.0. The number of hydrogen-bond donors (Lipinski definition) is 2. The van der Waals surface area contributed by atoms with Gasteiger partial charge in [-0.25, -0.2) is 10.4 Å². The number of hydrogen-bond acceptors (Lipinski definition) is 11. The Morgan fingerprint density at radius 1 is 1.01 bits per heavy atom. The van der Waals surface area contributed by atoms with Gasteiger partial charge in [0.1, 0.15) is 12.1 Å². The van der Waals surface area contributed by atoms with Gasteiger partial charge in [-0.1, -0.05) is 50.2 Å². The summed E-state index contributed by atoms with van der Waals surface area (Å²) in [4.78, 5) is 57.2. The number of methoxy groups -OCH3 is 1. The molecule has 3 fully saturated rings. The number of benzene rings is 2. The fraction of sp³-hybridized carbons (Fsp3) is 0.490. The van der Waals surface area contributed by atoms with Gasteiger partial charge in [-0.3, -0.25) is 24.4 Å². The second-order valence-corrected chi connectivity index (χ2v) is 19.6. The maximum atomic E-state index is 14.4. The predicted molar refractivity (Wildman–Crippen MR) is 298 cm³/mol. The highest BCUT2D eigenvalue weighted by molar-refractivity contribution is 7.60. The van der Waals surface area contributed by atoms with Crippen molar-refractivity contribution >= 4 is 113 Å². The number of rotatable bonds is 8. The van der Waals surface area contributed by atoms with Crippen molar-refractivity contribution in [2.75, 3.05) is 58.4 Å². The Labute approximate surface area is 440 Å². The third-order valence-electron chi connectivity index (χ3n) is 13.4. The molecule has 1 aliphatic carbocycles. The maximum Gasteiger partial charge on any atom is 0.324 e. The normalized spacial score (nSPS) is 21.9. The minimum atomic E-state index is -0.872. The number of aryl methyl sites for hydroxylation is 1. The van der Waals surface area contributed by atoms with Crippen LogP contribution in [-0.4, -0.2) is 108 Å². The minimum Gasteiger partial charge on any atom is -0.464 e. The molecule has 19 heteroatoms. The Hall–Kier alpha value is -3.40. The number of nitrogens with zero attached hydrogens (tertiary/aromatic N) is 6. The average molecular weight is 1040 g/mol. The van der Waals surface area contributed by atoms with Crippen molar-refractivity contribution in [1.29, 1.82) is 0 Å². The first kappa shape index (κ1) is 57.2. The van der Waals surface area contributed by atoms with Crippen LogP contribution in [0.1, 0.15) is 80.8 Å². The smallest absolute Gasteiger partial charge is 0.324 e. The summed E-state index contributed by atoms with van der Waals surface area (Å²) in [6.45, 7) is 13.6. The molecule has 5 atom stereocenters.